The summed E-state index contributed by atoms with van der Waals surface area (Å²) in [4.78, 5) is 28.7. The highest BCUT2D eigenvalue weighted by molar-refractivity contribution is 7.92. The zero-order chi connectivity index (χ0) is 29.5. The fraction of sp³-hybridized carbons (Fsp3) is 0.500. The molecule has 1 amide bonds. The second-order valence-electron chi connectivity index (χ2n) is 12.1. The molecule has 0 radical (unpaired) electrons. The summed E-state index contributed by atoms with van der Waals surface area (Å²) in [6, 6.07) is 13.7. The molecule has 0 spiro atoms. The maximum atomic E-state index is 14.7. The second-order valence-corrected chi connectivity index (χ2v) is 15.1. The van der Waals surface area contributed by atoms with Crippen molar-refractivity contribution >= 4 is 44.9 Å². The summed E-state index contributed by atoms with van der Waals surface area (Å²) >= 11 is 12.7. The molecule has 1 saturated heterocycles. The van der Waals surface area contributed by atoms with Crippen LogP contribution in [0.5, 0.6) is 0 Å². The van der Waals surface area contributed by atoms with Crippen molar-refractivity contribution in [3.63, 3.8) is 0 Å². The number of amides is 1. The molecule has 9 heteroatoms. The lowest BCUT2D eigenvalue weighted by atomic mass is 9.65. The minimum atomic E-state index is -3.62. The van der Waals surface area contributed by atoms with E-state index >= 15 is 0 Å². The fourth-order valence-corrected chi connectivity index (χ4v) is 9.46. The number of likely N-dealkylation sites (tertiary alicyclic amines) is 1. The van der Waals surface area contributed by atoms with Gasteiger partial charge in [0, 0.05) is 22.0 Å². The van der Waals surface area contributed by atoms with Crippen molar-refractivity contribution in [3.8, 4) is 0 Å². The summed E-state index contributed by atoms with van der Waals surface area (Å²) in [6.07, 6.45) is 5.19. The number of carboxylic acid groups (broad SMARTS) is 1. The normalized spacial score (nSPS) is 26.4. The number of hydrogen-bond acceptors (Lipinski definition) is 4. The number of halogens is 2. The fourth-order valence-electron chi connectivity index (χ4n) is 6.85. The first-order chi connectivity index (χ1) is 19.5. The lowest BCUT2D eigenvalue weighted by molar-refractivity contribution is -0.162. The summed E-state index contributed by atoms with van der Waals surface area (Å²) in [6.45, 7) is 5.68. The number of carbonyl (C=O) groups is 2. The van der Waals surface area contributed by atoms with E-state index in [1.807, 2.05) is 37.3 Å². The van der Waals surface area contributed by atoms with Gasteiger partial charge >= 0.3 is 5.97 Å². The number of benzene rings is 2. The van der Waals surface area contributed by atoms with Crippen molar-refractivity contribution in [2.24, 2.45) is 17.3 Å². The van der Waals surface area contributed by atoms with Gasteiger partial charge in [-0.25, -0.2) is 8.42 Å². The van der Waals surface area contributed by atoms with Gasteiger partial charge in [0.05, 0.1) is 28.9 Å². The first kappa shape index (κ1) is 30.1. The topological polar surface area (TPSA) is 91.8 Å². The number of piperidine rings is 1. The van der Waals surface area contributed by atoms with Gasteiger partial charge in [-0.1, -0.05) is 60.5 Å². The molecule has 6 nitrogen and oxygen atoms in total. The molecule has 0 bridgehead atoms. The SMILES string of the molecule is C=CC(C1CC1)S(=O)(=O)CC(C1CC1)N1C(=O)C(CC)(CC(=O)O)CC(c2cccc(Cl)c2)C1c1ccc(Cl)cc1. The van der Waals surface area contributed by atoms with Crippen LogP contribution in [0.1, 0.15) is 75.0 Å². The maximum absolute atomic E-state index is 14.7. The van der Waals surface area contributed by atoms with Crippen LogP contribution in [0.3, 0.4) is 0 Å². The van der Waals surface area contributed by atoms with Crippen molar-refractivity contribution in [2.75, 3.05) is 5.75 Å². The van der Waals surface area contributed by atoms with Gasteiger partial charge in [-0.2, -0.15) is 0 Å². The third kappa shape index (κ3) is 6.23. The Hall–Kier alpha value is -2.35. The molecule has 0 aromatic heterocycles. The van der Waals surface area contributed by atoms with Crippen LogP contribution in [0.2, 0.25) is 10.0 Å². The average Bonchev–Trinajstić information content (AvgIpc) is 3.84. The molecule has 1 aliphatic heterocycles. The highest BCUT2D eigenvalue weighted by Gasteiger charge is 2.56. The van der Waals surface area contributed by atoms with Gasteiger partial charge in [-0.15, -0.1) is 6.58 Å². The van der Waals surface area contributed by atoms with Crippen molar-refractivity contribution in [1.29, 1.82) is 0 Å². The number of nitrogens with zero attached hydrogens (tertiary/aromatic N) is 1. The molecule has 1 N–H and O–H groups in total. The molecule has 2 aromatic carbocycles. The summed E-state index contributed by atoms with van der Waals surface area (Å²) in [7, 11) is -3.62. The Kier molecular flexibility index (Phi) is 8.62. The molecule has 2 aromatic rings. The van der Waals surface area contributed by atoms with E-state index in [9.17, 15) is 23.1 Å². The Bertz CT molecular complexity index is 1420. The summed E-state index contributed by atoms with van der Waals surface area (Å²) < 4.78 is 27.8. The molecule has 1 heterocycles. The van der Waals surface area contributed by atoms with Crippen LogP contribution >= 0.6 is 23.2 Å². The monoisotopic (exact) mass is 617 g/mol. The smallest absolute Gasteiger partial charge is 0.304 e. The van der Waals surface area contributed by atoms with Crippen LogP contribution in [0.4, 0.5) is 0 Å². The molecule has 5 unspecified atom stereocenters. The van der Waals surface area contributed by atoms with E-state index in [0.29, 0.717) is 22.9 Å². The predicted octanol–water partition coefficient (Wildman–Crippen LogP) is 7.08. The highest BCUT2D eigenvalue weighted by Crippen LogP contribution is 2.55. The number of sulfone groups is 1. The van der Waals surface area contributed by atoms with Crippen LogP contribution in [0, 0.1) is 17.3 Å². The lowest BCUT2D eigenvalue weighted by Crippen LogP contribution is -2.59. The Morgan fingerprint density at radius 1 is 1.07 bits per heavy atom. The van der Waals surface area contributed by atoms with E-state index in [1.54, 1.807) is 29.2 Å². The van der Waals surface area contributed by atoms with Crippen molar-refractivity contribution < 1.29 is 23.1 Å². The summed E-state index contributed by atoms with van der Waals surface area (Å²) in [5, 5.41) is 10.4. The van der Waals surface area contributed by atoms with Crippen LogP contribution in [0.25, 0.3) is 0 Å². The van der Waals surface area contributed by atoms with Crippen molar-refractivity contribution in [3.05, 3.63) is 82.4 Å². The summed E-state index contributed by atoms with van der Waals surface area (Å²) in [5.41, 5.74) is 0.531. The first-order valence-electron chi connectivity index (χ1n) is 14.4. The molecule has 5 rings (SSSR count). The Labute approximate surface area is 252 Å². The molecule has 2 saturated carbocycles. The Morgan fingerprint density at radius 2 is 1.73 bits per heavy atom. The molecule has 2 aliphatic carbocycles. The minimum absolute atomic E-state index is 0.0192. The zero-order valence-electron chi connectivity index (χ0n) is 23.2. The van der Waals surface area contributed by atoms with Crippen molar-refractivity contribution in [1.82, 2.24) is 4.90 Å². The molecule has 5 atom stereocenters. The van der Waals surface area contributed by atoms with Crippen LogP contribution in [0.15, 0.2) is 61.2 Å². The quantitative estimate of drug-likeness (QED) is 0.257. The summed E-state index contributed by atoms with van der Waals surface area (Å²) in [5.74, 6) is -1.72. The van der Waals surface area contributed by atoms with Gasteiger partial charge in [0.15, 0.2) is 9.84 Å². The van der Waals surface area contributed by atoms with Crippen LogP contribution < -0.4 is 0 Å². The highest BCUT2D eigenvalue weighted by atomic mass is 35.5. The molecule has 41 heavy (non-hydrogen) atoms. The van der Waals surface area contributed by atoms with E-state index < -0.39 is 38.6 Å². The average molecular weight is 619 g/mol. The van der Waals surface area contributed by atoms with E-state index in [4.69, 9.17) is 23.2 Å². The van der Waals surface area contributed by atoms with Crippen LogP contribution in [-0.4, -0.2) is 47.3 Å². The first-order valence-corrected chi connectivity index (χ1v) is 16.9. The van der Waals surface area contributed by atoms with Gasteiger partial charge in [0.1, 0.15) is 0 Å². The number of aliphatic carboxylic acids is 1. The second kappa shape index (κ2) is 11.7. The maximum Gasteiger partial charge on any atom is 0.304 e. The van der Waals surface area contributed by atoms with E-state index in [2.05, 4.69) is 6.58 Å². The molecule has 220 valence electrons. The minimum Gasteiger partial charge on any atom is -0.481 e. The predicted molar refractivity (Wildman–Crippen MR) is 162 cm³/mol. The Morgan fingerprint density at radius 3 is 2.27 bits per heavy atom. The lowest BCUT2D eigenvalue weighted by Gasteiger charge is -2.53. The third-order valence-electron chi connectivity index (χ3n) is 9.29. The number of carboxylic acids is 1. The number of rotatable bonds is 12. The van der Waals surface area contributed by atoms with Gasteiger partial charge in [0.2, 0.25) is 5.91 Å². The molecule has 3 fully saturated rings. The Balaban J connectivity index is 1.69. The van der Waals surface area contributed by atoms with Crippen LogP contribution in [-0.2, 0) is 19.4 Å². The van der Waals surface area contributed by atoms with E-state index in [-0.39, 0.29) is 35.8 Å². The molecular weight excluding hydrogens is 581 g/mol. The number of carbonyl (C=O) groups excluding carboxylic acids is 1. The molecular formula is C32H37Cl2NO5S. The standard InChI is InChI=1S/C32H37Cl2NO5S/c1-3-28(21-10-11-21)41(39,40)19-27(20-8-9-20)35-30(22-12-14-24(33)15-13-22)26(23-6-5-7-25(34)16-23)17-32(4-2,31(35)38)18-29(36)37/h3,5-7,12-16,20-21,26-28,30H,1,4,8-11,17-19H2,2H3,(H,36,37). The number of hydrogen-bond donors (Lipinski definition) is 1. The van der Waals surface area contributed by atoms with Gasteiger partial charge in [0.25, 0.3) is 0 Å². The van der Waals surface area contributed by atoms with Gasteiger partial charge < -0.3 is 10.0 Å². The largest absolute Gasteiger partial charge is 0.481 e. The molecule has 3 aliphatic rings. The van der Waals surface area contributed by atoms with E-state index in [1.165, 1.54) is 0 Å². The zero-order valence-corrected chi connectivity index (χ0v) is 25.5. The van der Waals surface area contributed by atoms with Gasteiger partial charge in [-0.05, 0) is 85.8 Å². The van der Waals surface area contributed by atoms with Gasteiger partial charge in [-0.3, -0.25) is 9.59 Å². The van der Waals surface area contributed by atoms with Crippen molar-refractivity contribution in [2.45, 2.75) is 75.1 Å². The van der Waals surface area contributed by atoms with E-state index in [0.717, 1.165) is 36.8 Å². The third-order valence-corrected chi connectivity index (χ3v) is 12.0.